The molecule has 0 aliphatic carbocycles. The zero-order valence-electron chi connectivity index (χ0n) is 19.7. The van der Waals surface area contributed by atoms with E-state index in [0.717, 1.165) is 5.56 Å². The summed E-state index contributed by atoms with van der Waals surface area (Å²) in [6.07, 6.45) is 4.41. The van der Waals surface area contributed by atoms with Crippen LogP contribution in [0.15, 0.2) is 120 Å². The maximum atomic E-state index is 12.5. The molecule has 0 atom stereocenters. The Labute approximate surface area is 214 Å². The number of anilines is 1. The van der Waals surface area contributed by atoms with E-state index >= 15 is 0 Å². The minimum Gasteiger partial charge on any atom is -0.423 e. The maximum Gasteiger partial charge on any atom is 0.336 e. The molecule has 7 heteroatoms. The van der Waals surface area contributed by atoms with Crippen molar-refractivity contribution in [3.63, 3.8) is 0 Å². The largest absolute Gasteiger partial charge is 0.423 e. The highest BCUT2D eigenvalue weighted by Gasteiger charge is 2.08. The molecule has 0 aromatic heterocycles. The number of benzene rings is 4. The zero-order valence-corrected chi connectivity index (χ0v) is 19.7. The standard InChI is InChI=1S/C30H23N3O4/c34-28(20-15-22-9-3-1-4-10-22)37-27-14-8-7-13-25(27)21-31-33-30(36)24-16-18-26(19-17-24)32-29(35)23-11-5-2-6-12-23/h1-21H,(H,32,35)(H,33,36)/b20-15+,31-21+. The number of amides is 2. The molecule has 37 heavy (non-hydrogen) atoms. The summed E-state index contributed by atoms with van der Waals surface area (Å²) in [6.45, 7) is 0. The summed E-state index contributed by atoms with van der Waals surface area (Å²) in [6, 6.07) is 31.5. The summed E-state index contributed by atoms with van der Waals surface area (Å²) in [4.78, 5) is 37.0. The average Bonchev–Trinajstić information content (AvgIpc) is 2.94. The molecule has 0 saturated heterocycles. The molecule has 4 rings (SSSR count). The Hall–Kier alpha value is -5.30. The molecule has 2 amide bonds. The molecular weight excluding hydrogens is 466 g/mol. The van der Waals surface area contributed by atoms with Gasteiger partial charge in [0.1, 0.15) is 5.75 Å². The van der Waals surface area contributed by atoms with E-state index in [1.54, 1.807) is 78.9 Å². The van der Waals surface area contributed by atoms with E-state index in [9.17, 15) is 14.4 Å². The van der Waals surface area contributed by atoms with Crippen molar-refractivity contribution >= 4 is 35.8 Å². The average molecular weight is 490 g/mol. The summed E-state index contributed by atoms with van der Waals surface area (Å²) < 4.78 is 5.42. The van der Waals surface area contributed by atoms with Gasteiger partial charge in [0.2, 0.25) is 0 Å². The summed E-state index contributed by atoms with van der Waals surface area (Å²) in [5.41, 5.74) is 5.31. The van der Waals surface area contributed by atoms with Gasteiger partial charge in [-0.1, -0.05) is 60.7 Å². The number of carbonyl (C=O) groups excluding carboxylic acids is 3. The Morgan fingerprint density at radius 1 is 0.676 bits per heavy atom. The predicted molar refractivity (Wildman–Crippen MR) is 143 cm³/mol. The van der Waals surface area contributed by atoms with E-state index in [2.05, 4.69) is 15.8 Å². The Balaban J connectivity index is 1.33. The van der Waals surface area contributed by atoms with Crippen LogP contribution < -0.4 is 15.5 Å². The molecule has 0 radical (unpaired) electrons. The second kappa shape index (κ2) is 12.4. The fourth-order valence-corrected chi connectivity index (χ4v) is 3.27. The van der Waals surface area contributed by atoms with Gasteiger partial charge in [-0.2, -0.15) is 5.10 Å². The maximum absolute atomic E-state index is 12.5. The van der Waals surface area contributed by atoms with Crippen LogP contribution in [0, 0.1) is 0 Å². The van der Waals surface area contributed by atoms with E-state index < -0.39 is 11.9 Å². The summed E-state index contributed by atoms with van der Waals surface area (Å²) in [7, 11) is 0. The lowest BCUT2D eigenvalue weighted by atomic mass is 10.1. The molecule has 0 aliphatic heterocycles. The number of para-hydroxylation sites is 1. The number of nitrogens with zero attached hydrogens (tertiary/aromatic N) is 1. The number of hydrogen-bond acceptors (Lipinski definition) is 5. The van der Waals surface area contributed by atoms with Crippen molar-refractivity contribution in [3.05, 3.63) is 138 Å². The first kappa shape index (κ1) is 24.8. The van der Waals surface area contributed by atoms with E-state index in [-0.39, 0.29) is 5.91 Å². The van der Waals surface area contributed by atoms with Gasteiger partial charge < -0.3 is 10.1 Å². The molecule has 7 nitrogen and oxygen atoms in total. The molecule has 182 valence electrons. The highest BCUT2D eigenvalue weighted by atomic mass is 16.5. The van der Waals surface area contributed by atoms with Gasteiger partial charge in [0, 0.05) is 28.5 Å². The number of hydrazone groups is 1. The lowest BCUT2D eigenvalue weighted by molar-refractivity contribution is -0.128. The zero-order chi connectivity index (χ0) is 25.9. The molecule has 0 fully saturated rings. The minimum absolute atomic E-state index is 0.239. The number of hydrogen-bond donors (Lipinski definition) is 2. The molecule has 0 heterocycles. The lowest BCUT2D eigenvalue weighted by Gasteiger charge is -2.07. The molecular formula is C30H23N3O4. The normalized spacial score (nSPS) is 10.8. The SMILES string of the molecule is O=C(/C=C/c1ccccc1)Oc1ccccc1/C=N/NC(=O)c1ccc(NC(=O)c2ccccc2)cc1. The van der Waals surface area contributed by atoms with Crippen molar-refractivity contribution in [1.82, 2.24) is 5.43 Å². The fraction of sp³-hybridized carbons (Fsp3) is 0. The van der Waals surface area contributed by atoms with Crippen molar-refractivity contribution in [2.75, 3.05) is 5.32 Å². The Morgan fingerprint density at radius 2 is 1.30 bits per heavy atom. The van der Waals surface area contributed by atoms with Gasteiger partial charge in [-0.3, -0.25) is 9.59 Å². The molecule has 0 spiro atoms. The Kier molecular flexibility index (Phi) is 8.33. The van der Waals surface area contributed by atoms with Gasteiger partial charge in [0.15, 0.2) is 0 Å². The third-order valence-corrected chi connectivity index (χ3v) is 5.15. The summed E-state index contributed by atoms with van der Waals surface area (Å²) in [5.74, 6) is -0.898. The van der Waals surface area contributed by atoms with Gasteiger partial charge in [-0.25, -0.2) is 10.2 Å². The quantitative estimate of drug-likeness (QED) is 0.115. The second-order valence-corrected chi connectivity index (χ2v) is 7.80. The molecule has 4 aromatic rings. The first-order chi connectivity index (χ1) is 18.1. The van der Waals surface area contributed by atoms with Gasteiger partial charge in [0.25, 0.3) is 11.8 Å². The molecule has 2 N–H and O–H groups in total. The summed E-state index contributed by atoms with van der Waals surface area (Å²) in [5, 5.41) is 6.77. The molecule has 0 bridgehead atoms. The van der Waals surface area contributed by atoms with Crippen molar-refractivity contribution in [2.45, 2.75) is 0 Å². The van der Waals surface area contributed by atoms with Crippen LogP contribution in [-0.4, -0.2) is 24.0 Å². The van der Waals surface area contributed by atoms with Gasteiger partial charge in [0.05, 0.1) is 6.21 Å². The number of ether oxygens (including phenoxy) is 1. The van der Waals surface area contributed by atoms with Crippen LogP contribution >= 0.6 is 0 Å². The number of nitrogens with one attached hydrogen (secondary N) is 2. The van der Waals surface area contributed by atoms with Crippen LogP contribution in [0.5, 0.6) is 5.75 Å². The third-order valence-electron chi connectivity index (χ3n) is 5.15. The third kappa shape index (κ3) is 7.34. The second-order valence-electron chi connectivity index (χ2n) is 7.80. The lowest BCUT2D eigenvalue weighted by Crippen LogP contribution is -2.18. The van der Waals surface area contributed by atoms with Crippen molar-refractivity contribution < 1.29 is 19.1 Å². The van der Waals surface area contributed by atoms with Crippen LogP contribution in [0.25, 0.3) is 6.08 Å². The molecule has 0 unspecified atom stereocenters. The number of esters is 1. The first-order valence-electron chi connectivity index (χ1n) is 11.4. The van der Waals surface area contributed by atoms with E-state index in [1.807, 2.05) is 36.4 Å². The Morgan fingerprint density at radius 3 is 2.03 bits per heavy atom. The van der Waals surface area contributed by atoms with Crippen LogP contribution in [-0.2, 0) is 4.79 Å². The number of carbonyl (C=O) groups is 3. The predicted octanol–water partition coefficient (Wildman–Crippen LogP) is 5.32. The topological polar surface area (TPSA) is 96.9 Å². The highest BCUT2D eigenvalue weighted by Crippen LogP contribution is 2.17. The van der Waals surface area contributed by atoms with Crippen LogP contribution in [0.2, 0.25) is 0 Å². The van der Waals surface area contributed by atoms with Gasteiger partial charge in [-0.05, 0) is 60.2 Å². The molecule has 0 aliphatic rings. The van der Waals surface area contributed by atoms with E-state index in [0.29, 0.717) is 28.1 Å². The number of rotatable bonds is 8. The van der Waals surface area contributed by atoms with Gasteiger partial charge in [-0.15, -0.1) is 0 Å². The monoisotopic (exact) mass is 489 g/mol. The smallest absolute Gasteiger partial charge is 0.336 e. The van der Waals surface area contributed by atoms with Crippen LogP contribution in [0.3, 0.4) is 0 Å². The molecule has 0 saturated carbocycles. The Bertz CT molecular complexity index is 1430. The highest BCUT2D eigenvalue weighted by molar-refractivity contribution is 6.04. The van der Waals surface area contributed by atoms with Crippen molar-refractivity contribution in [1.29, 1.82) is 0 Å². The van der Waals surface area contributed by atoms with Crippen LogP contribution in [0.1, 0.15) is 31.8 Å². The first-order valence-corrected chi connectivity index (χ1v) is 11.4. The minimum atomic E-state index is -0.534. The van der Waals surface area contributed by atoms with E-state index in [1.165, 1.54) is 12.3 Å². The fourth-order valence-electron chi connectivity index (χ4n) is 3.27. The summed E-state index contributed by atoms with van der Waals surface area (Å²) >= 11 is 0. The van der Waals surface area contributed by atoms with Crippen molar-refractivity contribution in [2.24, 2.45) is 5.10 Å². The van der Waals surface area contributed by atoms with Crippen molar-refractivity contribution in [3.8, 4) is 5.75 Å². The van der Waals surface area contributed by atoms with Crippen LogP contribution in [0.4, 0.5) is 5.69 Å². The van der Waals surface area contributed by atoms with E-state index in [4.69, 9.17) is 4.74 Å². The van der Waals surface area contributed by atoms with Gasteiger partial charge >= 0.3 is 5.97 Å². The molecule has 4 aromatic carbocycles.